The molecule has 1 aromatic rings. The Morgan fingerprint density at radius 1 is 1.29 bits per heavy atom. The number of ether oxygens (including phenoxy) is 1. The predicted octanol–water partition coefficient (Wildman–Crippen LogP) is 2.99. The van der Waals surface area contributed by atoms with Gasteiger partial charge in [-0.2, -0.15) is 5.26 Å². The van der Waals surface area contributed by atoms with Crippen molar-refractivity contribution in [3.05, 3.63) is 29.8 Å². The standard InChI is InChI=1S/C14H20N2O/c1-4-16(5-2)14(11-15)12-8-7-9-13(10-12)17-6-3/h7-10,14H,4-6H2,1-3H3. The summed E-state index contributed by atoms with van der Waals surface area (Å²) < 4.78 is 5.46. The first-order valence-electron chi connectivity index (χ1n) is 6.13. The Morgan fingerprint density at radius 2 is 2.00 bits per heavy atom. The van der Waals surface area contributed by atoms with Crippen LogP contribution in [0.1, 0.15) is 32.4 Å². The molecule has 1 unspecified atom stereocenters. The van der Waals surface area contributed by atoms with Crippen molar-refractivity contribution in [2.24, 2.45) is 0 Å². The molecule has 1 atom stereocenters. The van der Waals surface area contributed by atoms with Gasteiger partial charge in [0.15, 0.2) is 0 Å². The molecule has 3 nitrogen and oxygen atoms in total. The van der Waals surface area contributed by atoms with E-state index in [1.807, 2.05) is 31.2 Å². The summed E-state index contributed by atoms with van der Waals surface area (Å²) >= 11 is 0. The van der Waals surface area contributed by atoms with Crippen molar-refractivity contribution < 1.29 is 4.74 Å². The molecule has 0 fully saturated rings. The van der Waals surface area contributed by atoms with Crippen LogP contribution in [0.5, 0.6) is 5.75 Å². The van der Waals surface area contributed by atoms with Crippen LogP contribution in [0.4, 0.5) is 0 Å². The molecule has 0 bridgehead atoms. The zero-order valence-electron chi connectivity index (χ0n) is 10.8. The molecular weight excluding hydrogens is 212 g/mol. The van der Waals surface area contributed by atoms with Gasteiger partial charge in [-0.3, -0.25) is 4.90 Å². The third-order valence-electron chi connectivity index (χ3n) is 2.78. The smallest absolute Gasteiger partial charge is 0.123 e. The fourth-order valence-electron chi connectivity index (χ4n) is 1.90. The van der Waals surface area contributed by atoms with Crippen LogP contribution in [0.2, 0.25) is 0 Å². The summed E-state index contributed by atoms with van der Waals surface area (Å²) in [5, 5.41) is 9.30. The van der Waals surface area contributed by atoms with E-state index in [9.17, 15) is 5.26 Å². The first-order chi connectivity index (χ1) is 8.26. The van der Waals surface area contributed by atoms with Crippen molar-refractivity contribution in [1.82, 2.24) is 4.90 Å². The van der Waals surface area contributed by atoms with Crippen LogP contribution in [0, 0.1) is 11.3 Å². The Labute approximate surface area is 104 Å². The van der Waals surface area contributed by atoms with Crippen molar-refractivity contribution in [2.45, 2.75) is 26.8 Å². The summed E-state index contributed by atoms with van der Waals surface area (Å²) in [5.41, 5.74) is 1.00. The van der Waals surface area contributed by atoms with Crippen LogP contribution < -0.4 is 4.74 Å². The second-order valence-corrected chi connectivity index (χ2v) is 3.76. The van der Waals surface area contributed by atoms with Gasteiger partial charge in [0.1, 0.15) is 11.8 Å². The molecule has 1 aromatic carbocycles. The molecule has 0 amide bonds. The van der Waals surface area contributed by atoms with E-state index in [1.165, 1.54) is 0 Å². The molecule has 0 saturated heterocycles. The highest BCUT2D eigenvalue weighted by atomic mass is 16.5. The van der Waals surface area contributed by atoms with Crippen LogP contribution in [0.3, 0.4) is 0 Å². The summed E-state index contributed by atoms with van der Waals surface area (Å²) in [4.78, 5) is 2.13. The normalized spacial score (nSPS) is 12.2. The van der Waals surface area contributed by atoms with Crippen LogP contribution in [0.25, 0.3) is 0 Å². The van der Waals surface area contributed by atoms with E-state index >= 15 is 0 Å². The molecule has 0 radical (unpaired) electrons. The van der Waals surface area contributed by atoms with E-state index in [2.05, 4.69) is 24.8 Å². The number of hydrogen-bond acceptors (Lipinski definition) is 3. The minimum absolute atomic E-state index is 0.189. The highest BCUT2D eigenvalue weighted by Gasteiger charge is 2.17. The topological polar surface area (TPSA) is 36.3 Å². The van der Waals surface area contributed by atoms with E-state index in [0.717, 1.165) is 24.4 Å². The van der Waals surface area contributed by atoms with E-state index in [-0.39, 0.29) is 6.04 Å². The quantitative estimate of drug-likeness (QED) is 0.756. The second-order valence-electron chi connectivity index (χ2n) is 3.76. The number of nitrogens with zero attached hydrogens (tertiary/aromatic N) is 2. The largest absolute Gasteiger partial charge is 0.494 e. The van der Waals surface area contributed by atoms with Gasteiger partial charge in [-0.15, -0.1) is 0 Å². The summed E-state index contributed by atoms with van der Waals surface area (Å²) in [5.74, 6) is 0.831. The molecule has 1 rings (SSSR count). The molecule has 17 heavy (non-hydrogen) atoms. The third kappa shape index (κ3) is 3.47. The van der Waals surface area contributed by atoms with Gasteiger partial charge in [0.05, 0.1) is 12.7 Å². The molecule has 0 aliphatic carbocycles. The molecule has 3 heteroatoms. The minimum atomic E-state index is -0.189. The van der Waals surface area contributed by atoms with Gasteiger partial charge in [-0.25, -0.2) is 0 Å². The minimum Gasteiger partial charge on any atom is -0.494 e. The van der Waals surface area contributed by atoms with Gasteiger partial charge in [0.25, 0.3) is 0 Å². The maximum atomic E-state index is 9.30. The van der Waals surface area contributed by atoms with Gasteiger partial charge in [-0.05, 0) is 37.7 Å². The Kier molecular flexibility index (Phi) is 5.51. The molecule has 0 heterocycles. The lowest BCUT2D eigenvalue weighted by molar-refractivity contribution is 0.261. The van der Waals surface area contributed by atoms with Crippen LogP contribution in [-0.4, -0.2) is 24.6 Å². The summed E-state index contributed by atoms with van der Waals surface area (Å²) in [6.07, 6.45) is 0. The molecule has 0 N–H and O–H groups in total. The molecule has 0 spiro atoms. The maximum absolute atomic E-state index is 9.30. The van der Waals surface area contributed by atoms with E-state index in [0.29, 0.717) is 6.61 Å². The highest BCUT2D eigenvalue weighted by molar-refractivity contribution is 5.33. The molecule has 0 aromatic heterocycles. The lowest BCUT2D eigenvalue weighted by atomic mass is 10.1. The van der Waals surface area contributed by atoms with Gasteiger partial charge >= 0.3 is 0 Å². The van der Waals surface area contributed by atoms with Crippen molar-refractivity contribution in [3.8, 4) is 11.8 Å². The zero-order chi connectivity index (χ0) is 12.7. The summed E-state index contributed by atoms with van der Waals surface area (Å²) in [6.45, 7) is 8.48. The van der Waals surface area contributed by atoms with Crippen LogP contribution in [-0.2, 0) is 0 Å². The zero-order valence-corrected chi connectivity index (χ0v) is 10.8. The fourth-order valence-corrected chi connectivity index (χ4v) is 1.90. The Hall–Kier alpha value is -1.53. The predicted molar refractivity (Wildman–Crippen MR) is 68.9 cm³/mol. The monoisotopic (exact) mass is 232 g/mol. The van der Waals surface area contributed by atoms with Gasteiger partial charge in [0.2, 0.25) is 0 Å². The number of rotatable bonds is 6. The lowest BCUT2D eigenvalue weighted by Crippen LogP contribution is -2.27. The van der Waals surface area contributed by atoms with E-state index in [4.69, 9.17) is 4.74 Å². The molecule has 0 aliphatic rings. The average molecular weight is 232 g/mol. The van der Waals surface area contributed by atoms with Crippen molar-refractivity contribution in [3.63, 3.8) is 0 Å². The maximum Gasteiger partial charge on any atom is 0.123 e. The summed E-state index contributed by atoms with van der Waals surface area (Å²) in [7, 11) is 0. The molecule has 0 saturated carbocycles. The van der Waals surface area contributed by atoms with Crippen molar-refractivity contribution in [2.75, 3.05) is 19.7 Å². The number of nitriles is 1. The highest BCUT2D eigenvalue weighted by Crippen LogP contribution is 2.23. The van der Waals surface area contributed by atoms with Gasteiger partial charge < -0.3 is 4.74 Å². The first kappa shape index (κ1) is 13.5. The molecule has 92 valence electrons. The Morgan fingerprint density at radius 3 is 2.53 bits per heavy atom. The SMILES string of the molecule is CCOc1cccc(C(C#N)N(CC)CC)c1. The van der Waals surface area contributed by atoms with Crippen molar-refractivity contribution in [1.29, 1.82) is 5.26 Å². The van der Waals surface area contributed by atoms with Crippen LogP contribution >= 0.6 is 0 Å². The number of hydrogen-bond donors (Lipinski definition) is 0. The van der Waals surface area contributed by atoms with E-state index in [1.54, 1.807) is 0 Å². The lowest BCUT2D eigenvalue weighted by Gasteiger charge is -2.24. The second kappa shape index (κ2) is 6.93. The fraction of sp³-hybridized carbons (Fsp3) is 0.500. The average Bonchev–Trinajstić information content (AvgIpc) is 2.36. The van der Waals surface area contributed by atoms with Crippen molar-refractivity contribution >= 4 is 0 Å². The van der Waals surface area contributed by atoms with E-state index < -0.39 is 0 Å². The van der Waals surface area contributed by atoms with Gasteiger partial charge in [0, 0.05) is 0 Å². The summed E-state index contributed by atoms with van der Waals surface area (Å²) in [6, 6.07) is 9.96. The van der Waals surface area contributed by atoms with Gasteiger partial charge in [-0.1, -0.05) is 26.0 Å². The Balaban J connectivity index is 2.95. The third-order valence-corrected chi connectivity index (χ3v) is 2.78. The molecule has 0 aliphatic heterocycles. The Bertz CT molecular complexity index is 380. The first-order valence-corrected chi connectivity index (χ1v) is 6.13. The number of benzene rings is 1. The van der Waals surface area contributed by atoms with Crippen LogP contribution in [0.15, 0.2) is 24.3 Å². The molecular formula is C14H20N2O.